The van der Waals surface area contributed by atoms with Gasteiger partial charge >= 0.3 is 0 Å². The van der Waals surface area contributed by atoms with Crippen LogP contribution >= 0.6 is 39.1 Å². The van der Waals surface area contributed by atoms with Gasteiger partial charge in [-0.1, -0.05) is 29.3 Å². The summed E-state index contributed by atoms with van der Waals surface area (Å²) in [5.74, 6) is -0.321. The van der Waals surface area contributed by atoms with Gasteiger partial charge in [-0.2, -0.15) is 0 Å². The van der Waals surface area contributed by atoms with Crippen molar-refractivity contribution in [3.8, 4) is 0 Å². The first kappa shape index (κ1) is 15.3. The minimum absolute atomic E-state index is 0.321. The van der Waals surface area contributed by atoms with Crippen LogP contribution in [-0.2, 0) is 0 Å². The fourth-order valence-electron chi connectivity index (χ4n) is 2.20. The third-order valence-electron chi connectivity index (χ3n) is 3.17. The van der Waals surface area contributed by atoms with Crippen LogP contribution < -0.4 is 5.32 Å². The molecule has 0 fully saturated rings. The molecular formula is C15H10BrCl2N3O. The number of amides is 1. The summed E-state index contributed by atoms with van der Waals surface area (Å²) in [4.78, 5) is 17.0. The highest BCUT2D eigenvalue weighted by Gasteiger charge is 2.18. The van der Waals surface area contributed by atoms with Crippen molar-refractivity contribution in [2.45, 2.75) is 6.92 Å². The molecule has 0 aliphatic heterocycles. The molecule has 0 saturated heterocycles. The fourth-order valence-corrected chi connectivity index (χ4v) is 3.03. The van der Waals surface area contributed by atoms with Crippen molar-refractivity contribution in [3.05, 3.63) is 62.4 Å². The minimum atomic E-state index is -0.321. The smallest absolute Gasteiger partial charge is 0.274 e. The van der Waals surface area contributed by atoms with Gasteiger partial charge in [-0.15, -0.1) is 0 Å². The van der Waals surface area contributed by atoms with E-state index in [1.807, 2.05) is 12.1 Å². The number of imidazole rings is 1. The van der Waals surface area contributed by atoms with E-state index in [0.29, 0.717) is 32.8 Å². The maximum Gasteiger partial charge on any atom is 0.274 e. The number of anilines is 1. The van der Waals surface area contributed by atoms with Crippen molar-refractivity contribution in [3.63, 3.8) is 0 Å². The summed E-state index contributed by atoms with van der Waals surface area (Å²) in [5, 5.41) is 3.52. The summed E-state index contributed by atoms with van der Waals surface area (Å²) in [5.41, 5.74) is 2.14. The number of para-hydroxylation sites is 1. The molecule has 0 aliphatic rings. The Kier molecular flexibility index (Phi) is 4.12. The summed E-state index contributed by atoms with van der Waals surface area (Å²) in [7, 11) is 0. The van der Waals surface area contributed by atoms with Crippen LogP contribution in [0.4, 0.5) is 5.69 Å². The van der Waals surface area contributed by atoms with Gasteiger partial charge in [0.05, 0.1) is 21.4 Å². The third kappa shape index (κ3) is 2.72. The first-order valence-corrected chi connectivity index (χ1v) is 7.92. The number of rotatable bonds is 2. The van der Waals surface area contributed by atoms with Crippen LogP contribution in [0.3, 0.4) is 0 Å². The number of nitrogens with zero attached hydrogens (tertiary/aromatic N) is 2. The highest BCUT2D eigenvalue weighted by molar-refractivity contribution is 9.10. The van der Waals surface area contributed by atoms with Gasteiger partial charge in [-0.3, -0.25) is 9.20 Å². The van der Waals surface area contributed by atoms with E-state index in [2.05, 4.69) is 26.2 Å². The summed E-state index contributed by atoms with van der Waals surface area (Å²) in [6.45, 7) is 1.78. The zero-order valence-corrected chi connectivity index (χ0v) is 14.5. The lowest BCUT2D eigenvalue weighted by Gasteiger charge is -2.09. The third-order valence-corrected chi connectivity index (χ3v) is 4.27. The largest absolute Gasteiger partial charge is 0.318 e. The molecule has 0 bridgehead atoms. The molecule has 2 heterocycles. The van der Waals surface area contributed by atoms with Crippen molar-refractivity contribution >= 4 is 56.4 Å². The van der Waals surface area contributed by atoms with Crippen molar-refractivity contribution < 1.29 is 4.79 Å². The first-order chi connectivity index (χ1) is 10.5. The molecule has 0 aliphatic carbocycles. The lowest BCUT2D eigenvalue weighted by atomic mass is 10.2. The monoisotopic (exact) mass is 397 g/mol. The number of carbonyl (C=O) groups excluding carboxylic acids is 1. The molecule has 1 aromatic carbocycles. The van der Waals surface area contributed by atoms with Gasteiger partial charge in [-0.25, -0.2) is 4.98 Å². The SMILES string of the molecule is Cc1nc2ccc(Br)cn2c1C(=O)Nc1c(Cl)cccc1Cl. The van der Waals surface area contributed by atoms with E-state index in [9.17, 15) is 4.79 Å². The number of hydrogen-bond acceptors (Lipinski definition) is 2. The zero-order chi connectivity index (χ0) is 15.9. The van der Waals surface area contributed by atoms with Crippen molar-refractivity contribution in [2.24, 2.45) is 0 Å². The van der Waals surface area contributed by atoms with Gasteiger partial charge in [0.1, 0.15) is 11.3 Å². The van der Waals surface area contributed by atoms with Gasteiger partial charge in [0.15, 0.2) is 0 Å². The Morgan fingerprint density at radius 1 is 1.23 bits per heavy atom. The van der Waals surface area contributed by atoms with Gasteiger partial charge in [0.2, 0.25) is 0 Å². The fraction of sp³-hybridized carbons (Fsp3) is 0.0667. The summed E-state index contributed by atoms with van der Waals surface area (Å²) >= 11 is 15.6. The van der Waals surface area contributed by atoms with Crippen molar-refractivity contribution in [1.82, 2.24) is 9.38 Å². The molecule has 0 saturated carbocycles. The van der Waals surface area contributed by atoms with Crippen LogP contribution in [0.1, 0.15) is 16.2 Å². The average Bonchev–Trinajstić information content (AvgIpc) is 2.78. The second kappa shape index (κ2) is 5.91. The van der Waals surface area contributed by atoms with E-state index < -0.39 is 0 Å². The standard InChI is InChI=1S/C15H10BrCl2N3O/c1-8-14(21-7-9(16)5-6-12(21)19-8)15(22)20-13-10(17)3-2-4-11(13)18/h2-7H,1H3,(H,20,22). The molecule has 2 aromatic heterocycles. The molecule has 4 nitrogen and oxygen atoms in total. The van der Waals surface area contributed by atoms with Crippen LogP contribution in [0, 0.1) is 6.92 Å². The number of halogens is 3. The lowest BCUT2D eigenvalue weighted by molar-refractivity contribution is 0.102. The predicted molar refractivity (Wildman–Crippen MR) is 92.0 cm³/mol. The molecule has 7 heteroatoms. The maximum atomic E-state index is 12.6. The van der Waals surface area contributed by atoms with E-state index in [4.69, 9.17) is 23.2 Å². The quantitative estimate of drug-likeness (QED) is 0.662. The highest BCUT2D eigenvalue weighted by atomic mass is 79.9. The number of benzene rings is 1. The second-order valence-electron chi connectivity index (χ2n) is 4.67. The molecular weight excluding hydrogens is 389 g/mol. The van der Waals surface area contributed by atoms with Crippen LogP contribution in [0.2, 0.25) is 10.0 Å². The molecule has 3 aromatic rings. The molecule has 0 radical (unpaired) electrons. The average molecular weight is 399 g/mol. The van der Waals surface area contributed by atoms with Crippen molar-refractivity contribution in [2.75, 3.05) is 5.32 Å². The number of nitrogens with one attached hydrogen (secondary N) is 1. The van der Waals surface area contributed by atoms with Gasteiger partial charge in [-0.05, 0) is 47.1 Å². The Bertz CT molecular complexity index is 872. The number of aromatic nitrogens is 2. The Morgan fingerprint density at radius 3 is 2.59 bits per heavy atom. The normalized spacial score (nSPS) is 10.9. The second-order valence-corrected chi connectivity index (χ2v) is 6.40. The Labute approximate surface area is 145 Å². The van der Waals surface area contributed by atoms with Crippen LogP contribution in [-0.4, -0.2) is 15.3 Å². The van der Waals surface area contributed by atoms with Gasteiger partial charge < -0.3 is 5.32 Å². The zero-order valence-electron chi connectivity index (χ0n) is 11.4. The van der Waals surface area contributed by atoms with E-state index in [0.717, 1.165) is 4.47 Å². The molecule has 0 atom stereocenters. The molecule has 1 amide bonds. The van der Waals surface area contributed by atoms with Crippen molar-refractivity contribution in [1.29, 1.82) is 0 Å². The topological polar surface area (TPSA) is 46.4 Å². The number of hydrogen-bond donors (Lipinski definition) is 1. The molecule has 0 spiro atoms. The first-order valence-electron chi connectivity index (χ1n) is 6.37. The number of carbonyl (C=O) groups is 1. The molecule has 22 heavy (non-hydrogen) atoms. The number of aryl methyl sites for hydroxylation is 1. The van der Waals surface area contributed by atoms with Crippen LogP contribution in [0.5, 0.6) is 0 Å². The Hall–Kier alpha value is -1.56. The molecule has 1 N–H and O–H groups in total. The molecule has 112 valence electrons. The Morgan fingerprint density at radius 2 is 1.91 bits per heavy atom. The lowest BCUT2D eigenvalue weighted by Crippen LogP contribution is -2.16. The summed E-state index contributed by atoms with van der Waals surface area (Å²) < 4.78 is 2.57. The molecule has 0 unspecified atom stereocenters. The maximum absolute atomic E-state index is 12.6. The molecule has 3 rings (SSSR count). The predicted octanol–water partition coefficient (Wildman–Crippen LogP) is 4.96. The van der Waals surface area contributed by atoms with Crippen LogP contribution in [0.25, 0.3) is 5.65 Å². The highest BCUT2D eigenvalue weighted by Crippen LogP contribution is 2.30. The van der Waals surface area contributed by atoms with Gasteiger partial charge in [0, 0.05) is 10.7 Å². The van der Waals surface area contributed by atoms with Gasteiger partial charge in [0.25, 0.3) is 5.91 Å². The minimum Gasteiger partial charge on any atom is -0.318 e. The van der Waals surface area contributed by atoms with Crippen LogP contribution in [0.15, 0.2) is 41.0 Å². The summed E-state index contributed by atoms with van der Waals surface area (Å²) in [6.07, 6.45) is 1.79. The number of fused-ring (bicyclic) bond motifs is 1. The summed E-state index contributed by atoms with van der Waals surface area (Å²) in [6, 6.07) is 8.75. The van der Waals surface area contributed by atoms with E-state index in [-0.39, 0.29) is 5.91 Å². The van der Waals surface area contributed by atoms with E-state index in [1.54, 1.807) is 35.7 Å². The number of pyridine rings is 1. The van der Waals surface area contributed by atoms with E-state index >= 15 is 0 Å². The Balaban J connectivity index is 2.06. The van der Waals surface area contributed by atoms with E-state index in [1.165, 1.54) is 0 Å².